The van der Waals surface area contributed by atoms with Crippen LogP contribution in [0.3, 0.4) is 0 Å². The maximum absolute atomic E-state index is 11.8. The van der Waals surface area contributed by atoms with Gasteiger partial charge in [0.05, 0.1) is 0 Å². The van der Waals surface area contributed by atoms with E-state index in [2.05, 4.69) is 5.32 Å². The van der Waals surface area contributed by atoms with E-state index in [1.807, 2.05) is 13.8 Å². The summed E-state index contributed by atoms with van der Waals surface area (Å²) < 4.78 is 0. The van der Waals surface area contributed by atoms with Gasteiger partial charge in [0.2, 0.25) is 0 Å². The minimum absolute atomic E-state index is 0.0701. The SMILES string of the molecule is Cc1c(Cl)cccc1C(=O)NCCC(C)Cl. The fraction of sp³-hybridized carbons (Fsp3) is 0.417. The van der Waals surface area contributed by atoms with E-state index in [4.69, 9.17) is 23.2 Å². The Hall–Kier alpha value is -0.730. The highest BCUT2D eigenvalue weighted by Crippen LogP contribution is 2.18. The van der Waals surface area contributed by atoms with Crippen LogP contribution in [0.4, 0.5) is 0 Å². The van der Waals surface area contributed by atoms with Crippen LogP contribution in [0.5, 0.6) is 0 Å². The van der Waals surface area contributed by atoms with Crippen molar-refractivity contribution in [2.45, 2.75) is 25.6 Å². The minimum Gasteiger partial charge on any atom is -0.352 e. The molecule has 4 heteroatoms. The second kappa shape index (κ2) is 6.12. The predicted molar refractivity (Wildman–Crippen MR) is 68.5 cm³/mol. The molecule has 1 unspecified atom stereocenters. The van der Waals surface area contributed by atoms with Crippen molar-refractivity contribution in [3.05, 3.63) is 34.3 Å². The lowest BCUT2D eigenvalue weighted by atomic mass is 10.1. The highest BCUT2D eigenvalue weighted by atomic mass is 35.5. The molecule has 0 heterocycles. The lowest BCUT2D eigenvalue weighted by Crippen LogP contribution is -2.26. The predicted octanol–water partition coefficient (Wildman–Crippen LogP) is 3.40. The summed E-state index contributed by atoms with van der Waals surface area (Å²) >= 11 is 11.7. The van der Waals surface area contributed by atoms with E-state index >= 15 is 0 Å². The van der Waals surface area contributed by atoms with E-state index < -0.39 is 0 Å². The van der Waals surface area contributed by atoms with Gasteiger partial charge in [-0.05, 0) is 38.0 Å². The summed E-state index contributed by atoms with van der Waals surface area (Å²) in [6, 6.07) is 5.31. The van der Waals surface area contributed by atoms with Gasteiger partial charge >= 0.3 is 0 Å². The molecule has 0 saturated heterocycles. The molecule has 0 aliphatic carbocycles. The van der Waals surface area contributed by atoms with Crippen LogP contribution in [0.15, 0.2) is 18.2 Å². The lowest BCUT2D eigenvalue weighted by Gasteiger charge is -2.09. The number of hydrogen-bond acceptors (Lipinski definition) is 1. The Balaban J connectivity index is 2.63. The van der Waals surface area contributed by atoms with Gasteiger partial charge in [-0.15, -0.1) is 11.6 Å². The maximum Gasteiger partial charge on any atom is 0.251 e. The number of halogens is 2. The van der Waals surface area contributed by atoms with Crippen molar-refractivity contribution in [1.82, 2.24) is 5.32 Å². The Kier molecular flexibility index (Phi) is 5.10. The van der Waals surface area contributed by atoms with Crippen LogP contribution in [-0.4, -0.2) is 17.8 Å². The van der Waals surface area contributed by atoms with Crippen molar-refractivity contribution in [2.75, 3.05) is 6.54 Å². The van der Waals surface area contributed by atoms with Crippen molar-refractivity contribution in [3.8, 4) is 0 Å². The highest BCUT2D eigenvalue weighted by Gasteiger charge is 2.10. The van der Waals surface area contributed by atoms with Crippen LogP contribution in [0.1, 0.15) is 29.3 Å². The monoisotopic (exact) mass is 259 g/mol. The second-order valence-electron chi connectivity index (χ2n) is 3.74. The average molecular weight is 260 g/mol. The highest BCUT2D eigenvalue weighted by molar-refractivity contribution is 6.31. The molecule has 1 amide bonds. The van der Waals surface area contributed by atoms with Crippen molar-refractivity contribution in [3.63, 3.8) is 0 Å². The van der Waals surface area contributed by atoms with E-state index in [9.17, 15) is 4.79 Å². The molecule has 0 aliphatic heterocycles. The molecule has 1 atom stereocenters. The third-order valence-corrected chi connectivity index (χ3v) is 2.97. The van der Waals surface area contributed by atoms with Crippen LogP contribution >= 0.6 is 23.2 Å². The zero-order valence-electron chi connectivity index (χ0n) is 9.39. The number of nitrogens with one attached hydrogen (secondary N) is 1. The largest absolute Gasteiger partial charge is 0.352 e. The third kappa shape index (κ3) is 3.69. The number of rotatable bonds is 4. The maximum atomic E-state index is 11.8. The van der Waals surface area contributed by atoms with Gasteiger partial charge in [0.15, 0.2) is 0 Å². The zero-order chi connectivity index (χ0) is 12.1. The summed E-state index contributed by atoms with van der Waals surface area (Å²) in [6.07, 6.45) is 0.757. The number of amides is 1. The van der Waals surface area contributed by atoms with Crippen LogP contribution in [0, 0.1) is 6.92 Å². The molecule has 0 saturated carbocycles. The molecule has 88 valence electrons. The Morgan fingerprint density at radius 3 is 2.81 bits per heavy atom. The smallest absolute Gasteiger partial charge is 0.251 e. The molecule has 0 bridgehead atoms. The fourth-order valence-electron chi connectivity index (χ4n) is 1.33. The number of carbonyl (C=O) groups is 1. The summed E-state index contributed by atoms with van der Waals surface area (Å²) in [4.78, 5) is 11.8. The van der Waals surface area contributed by atoms with E-state index in [-0.39, 0.29) is 11.3 Å². The lowest BCUT2D eigenvalue weighted by molar-refractivity contribution is 0.0952. The first kappa shape index (κ1) is 13.3. The Labute approximate surface area is 106 Å². The van der Waals surface area contributed by atoms with Crippen molar-refractivity contribution in [1.29, 1.82) is 0 Å². The molecule has 0 fully saturated rings. The molecular weight excluding hydrogens is 245 g/mol. The molecule has 16 heavy (non-hydrogen) atoms. The first-order chi connectivity index (χ1) is 7.52. The average Bonchev–Trinajstić information content (AvgIpc) is 2.21. The van der Waals surface area contributed by atoms with Gasteiger partial charge in [0, 0.05) is 22.5 Å². The van der Waals surface area contributed by atoms with Gasteiger partial charge in [-0.1, -0.05) is 17.7 Å². The Bertz CT molecular complexity index is 377. The topological polar surface area (TPSA) is 29.1 Å². The molecule has 2 nitrogen and oxygen atoms in total. The van der Waals surface area contributed by atoms with Crippen molar-refractivity contribution < 1.29 is 4.79 Å². The minimum atomic E-state index is -0.0997. The Morgan fingerprint density at radius 1 is 1.50 bits per heavy atom. The van der Waals surface area contributed by atoms with Crippen molar-refractivity contribution in [2.24, 2.45) is 0 Å². The zero-order valence-corrected chi connectivity index (χ0v) is 10.9. The van der Waals surface area contributed by atoms with Gasteiger partial charge in [0.1, 0.15) is 0 Å². The molecule has 0 aromatic heterocycles. The van der Waals surface area contributed by atoms with Gasteiger partial charge in [-0.3, -0.25) is 4.79 Å². The molecule has 0 aliphatic rings. The normalized spacial score (nSPS) is 12.2. The molecule has 1 rings (SSSR count). The Morgan fingerprint density at radius 2 is 2.19 bits per heavy atom. The molecular formula is C12H15Cl2NO. The van der Waals surface area contributed by atoms with Gasteiger partial charge in [0.25, 0.3) is 5.91 Å². The van der Waals surface area contributed by atoms with Crippen molar-refractivity contribution >= 4 is 29.1 Å². The summed E-state index contributed by atoms with van der Waals surface area (Å²) in [5.74, 6) is -0.0997. The third-order valence-electron chi connectivity index (χ3n) is 2.34. The molecule has 0 radical (unpaired) electrons. The summed E-state index contributed by atoms with van der Waals surface area (Å²) in [7, 11) is 0. The first-order valence-corrected chi connectivity index (χ1v) is 6.01. The van der Waals surface area contributed by atoms with E-state index in [1.165, 1.54) is 0 Å². The number of alkyl halides is 1. The molecule has 1 aromatic rings. The standard InChI is InChI=1S/C12H15Cl2NO/c1-8(13)6-7-15-12(16)10-4-3-5-11(14)9(10)2/h3-5,8H,6-7H2,1-2H3,(H,15,16). The van der Waals surface area contributed by atoms with Crippen LogP contribution < -0.4 is 5.32 Å². The van der Waals surface area contributed by atoms with Gasteiger partial charge in [-0.2, -0.15) is 0 Å². The first-order valence-electron chi connectivity index (χ1n) is 5.19. The molecule has 0 spiro atoms. The summed E-state index contributed by atoms with van der Waals surface area (Å²) in [5, 5.41) is 3.50. The molecule has 1 aromatic carbocycles. The van der Waals surface area contributed by atoms with Crippen LogP contribution in [0.25, 0.3) is 0 Å². The number of carbonyl (C=O) groups excluding carboxylic acids is 1. The number of hydrogen-bond donors (Lipinski definition) is 1. The summed E-state index contributed by atoms with van der Waals surface area (Å²) in [5.41, 5.74) is 1.43. The van der Waals surface area contributed by atoms with Crippen LogP contribution in [-0.2, 0) is 0 Å². The van der Waals surface area contributed by atoms with Crippen LogP contribution in [0.2, 0.25) is 5.02 Å². The molecule has 1 N–H and O–H groups in total. The van der Waals surface area contributed by atoms with Gasteiger partial charge < -0.3 is 5.32 Å². The summed E-state index contributed by atoms with van der Waals surface area (Å²) in [6.45, 7) is 4.31. The van der Waals surface area contributed by atoms with E-state index in [0.29, 0.717) is 17.1 Å². The van der Waals surface area contributed by atoms with E-state index in [1.54, 1.807) is 18.2 Å². The fourth-order valence-corrected chi connectivity index (χ4v) is 1.62. The second-order valence-corrected chi connectivity index (χ2v) is 4.89. The quantitative estimate of drug-likeness (QED) is 0.826. The van der Waals surface area contributed by atoms with Gasteiger partial charge in [-0.25, -0.2) is 0 Å². The number of benzene rings is 1. The van der Waals surface area contributed by atoms with E-state index in [0.717, 1.165) is 12.0 Å².